The normalized spacial score (nSPS) is 16.3. The number of nitrogens with one attached hydrogen (secondary N) is 1. The van der Waals surface area contributed by atoms with Gasteiger partial charge in [0.05, 0.1) is 11.0 Å². The fraction of sp³-hybridized carbons (Fsp3) is 0.0968. The lowest BCUT2D eigenvalue weighted by Gasteiger charge is -2.20. The summed E-state index contributed by atoms with van der Waals surface area (Å²) < 4.78 is 2.46. The Morgan fingerprint density at radius 1 is 0.697 bits per heavy atom. The molecule has 0 saturated carbocycles. The summed E-state index contributed by atoms with van der Waals surface area (Å²) in [7, 11) is 0. The number of hydrogen-bond donors (Lipinski definition) is 1. The van der Waals surface area contributed by atoms with Gasteiger partial charge in [0.25, 0.3) is 0 Å². The number of allylic oxidation sites excluding steroid dienone is 4. The number of hydrogen-bond acceptors (Lipinski definition) is 0. The second-order valence-electron chi connectivity index (χ2n) is 9.17. The average molecular weight is 425 g/mol. The second kappa shape index (κ2) is 6.98. The van der Waals surface area contributed by atoms with Crippen LogP contribution in [0.1, 0.15) is 13.3 Å². The Kier molecular flexibility index (Phi) is 3.92. The Hall–Kier alpha value is -4.04. The van der Waals surface area contributed by atoms with Gasteiger partial charge in [-0.15, -0.1) is 0 Å². The van der Waals surface area contributed by atoms with Crippen LogP contribution in [0.4, 0.5) is 0 Å². The van der Waals surface area contributed by atoms with Gasteiger partial charge in [-0.05, 0) is 60.0 Å². The van der Waals surface area contributed by atoms with E-state index in [0.29, 0.717) is 5.92 Å². The highest BCUT2D eigenvalue weighted by Gasteiger charge is 2.19. The Labute approximate surface area is 192 Å². The fourth-order valence-corrected chi connectivity index (χ4v) is 5.49. The van der Waals surface area contributed by atoms with E-state index in [0.717, 1.165) is 6.42 Å². The highest BCUT2D eigenvalue weighted by atomic mass is 15.0. The Morgan fingerprint density at radius 3 is 2.27 bits per heavy atom. The first-order valence-corrected chi connectivity index (χ1v) is 11.7. The first kappa shape index (κ1) is 18.5. The number of benzene rings is 4. The second-order valence-corrected chi connectivity index (χ2v) is 9.17. The van der Waals surface area contributed by atoms with Gasteiger partial charge in [0.1, 0.15) is 0 Å². The van der Waals surface area contributed by atoms with E-state index in [9.17, 15) is 0 Å². The van der Waals surface area contributed by atoms with Gasteiger partial charge >= 0.3 is 0 Å². The molecule has 1 atom stereocenters. The van der Waals surface area contributed by atoms with Gasteiger partial charge in [0.15, 0.2) is 0 Å². The van der Waals surface area contributed by atoms with Crippen LogP contribution in [0.3, 0.4) is 0 Å². The van der Waals surface area contributed by atoms with Crippen molar-refractivity contribution in [1.29, 1.82) is 0 Å². The molecule has 0 fully saturated rings. The molecule has 2 heterocycles. The summed E-state index contributed by atoms with van der Waals surface area (Å²) in [5, 5.41) is 5.17. The lowest BCUT2D eigenvalue weighted by atomic mass is 9.98. The first-order chi connectivity index (χ1) is 16.3. The van der Waals surface area contributed by atoms with Crippen molar-refractivity contribution in [3.63, 3.8) is 0 Å². The minimum absolute atomic E-state index is 0.498. The molecule has 0 radical (unpaired) electrons. The molecule has 2 nitrogen and oxygen atoms in total. The lowest BCUT2D eigenvalue weighted by Crippen LogP contribution is -2.07. The van der Waals surface area contributed by atoms with E-state index in [-0.39, 0.29) is 0 Å². The third kappa shape index (κ3) is 2.74. The zero-order chi connectivity index (χ0) is 21.9. The minimum Gasteiger partial charge on any atom is -0.355 e. The minimum atomic E-state index is 0.498. The maximum absolute atomic E-state index is 3.54. The van der Waals surface area contributed by atoms with Crippen LogP contribution >= 0.6 is 0 Å². The lowest BCUT2D eigenvalue weighted by molar-refractivity contribution is 0.725. The molecule has 1 aliphatic rings. The van der Waals surface area contributed by atoms with Crippen LogP contribution in [-0.4, -0.2) is 9.55 Å². The molecule has 1 unspecified atom stereocenters. The third-order valence-electron chi connectivity index (χ3n) is 7.17. The monoisotopic (exact) mass is 424 g/mol. The molecule has 33 heavy (non-hydrogen) atoms. The predicted octanol–water partition coefficient (Wildman–Crippen LogP) is 8.53. The van der Waals surface area contributed by atoms with Crippen LogP contribution in [0.2, 0.25) is 0 Å². The molecule has 0 aliphatic heterocycles. The van der Waals surface area contributed by atoms with Crippen LogP contribution in [-0.2, 0) is 0 Å². The molecule has 6 aromatic rings. The van der Waals surface area contributed by atoms with Gasteiger partial charge in [-0.2, -0.15) is 0 Å². The summed E-state index contributed by atoms with van der Waals surface area (Å²) in [6.07, 6.45) is 7.82. The van der Waals surface area contributed by atoms with Crippen molar-refractivity contribution in [1.82, 2.24) is 9.55 Å². The maximum Gasteiger partial charge on any atom is 0.0538 e. The van der Waals surface area contributed by atoms with E-state index >= 15 is 0 Å². The number of rotatable bonds is 2. The van der Waals surface area contributed by atoms with E-state index in [1.807, 2.05) is 0 Å². The summed E-state index contributed by atoms with van der Waals surface area (Å²) >= 11 is 0. The number of nitrogens with zero attached hydrogens (tertiary/aromatic N) is 1. The van der Waals surface area contributed by atoms with Crippen molar-refractivity contribution in [2.24, 2.45) is 5.92 Å². The molecular formula is C31H24N2. The van der Waals surface area contributed by atoms with E-state index in [1.54, 1.807) is 0 Å². The SMILES string of the molecule is CC1CC=CC=C1n1c2ccccc2c2cc(-c3ccc4[nH]c5ccccc5c4c3)ccc21. The van der Waals surface area contributed by atoms with Gasteiger partial charge in [0.2, 0.25) is 0 Å². The Balaban J connectivity index is 1.47. The van der Waals surface area contributed by atoms with Crippen LogP contribution in [0, 0.1) is 5.92 Å². The highest BCUT2D eigenvalue weighted by Crippen LogP contribution is 2.38. The van der Waals surface area contributed by atoms with Crippen molar-refractivity contribution in [3.05, 3.63) is 103 Å². The standard InChI is InChI=1S/C31H24N2/c1-20-8-2-6-12-29(20)33-30-13-7-4-10-24(30)26-19-22(15-17-31(26)33)21-14-16-28-25(18-21)23-9-3-5-11-27(23)32-28/h2-7,9-20,32H,8H2,1H3. The number of para-hydroxylation sites is 2. The number of fused-ring (bicyclic) bond motifs is 6. The van der Waals surface area contributed by atoms with E-state index in [2.05, 4.69) is 120 Å². The molecule has 1 aliphatic carbocycles. The molecule has 0 amide bonds. The van der Waals surface area contributed by atoms with E-state index in [4.69, 9.17) is 0 Å². The topological polar surface area (TPSA) is 20.7 Å². The van der Waals surface area contributed by atoms with Gasteiger partial charge in [-0.3, -0.25) is 0 Å². The molecule has 0 spiro atoms. The van der Waals surface area contributed by atoms with Gasteiger partial charge in [-0.25, -0.2) is 0 Å². The van der Waals surface area contributed by atoms with Crippen molar-refractivity contribution in [3.8, 4) is 11.1 Å². The van der Waals surface area contributed by atoms with Crippen LogP contribution in [0.5, 0.6) is 0 Å². The zero-order valence-electron chi connectivity index (χ0n) is 18.5. The maximum atomic E-state index is 3.54. The third-order valence-corrected chi connectivity index (χ3v) is 7.17. The molecule has 0 saturated heterocycles. The summed E-state index contributed by atoms with van der Waals surface area (Å²) in [6.45, 7) is 2.32. The average Bonchev–Trinajstić information content (AvgIpc) is 3.39. The first-order valence-electron chi connectivity index (χ1n) is 11.7. The van der Waals surface area contributed by atoms with Crippen molar-refractivity contribution >= 4 is 49.3 Å². The smallest absolute Gasteiger partial charge is 0.0538 e. The largest absolute Gasteiger partial charge is 0.355 e. The molecule has 4 aromatic carbocycles. The van der Waals surface area contributed by atoms with Gasteiger partial charge in [0, 0.05) is 44.2 Å². The molecule has 1 N–H and O–H groups in total. The van der Waals surface area contributed by atoms with Crippen LogP contribution in [0.25, 0.3) is 60.4 Å². The van der Waals surface area contributed by atoms with Crippen molar-refractivity contribution < 1.29 is 0 Å². The Bertz CT molecular complexity index is 1760. The Morgan fingerprint density at radius 2 is 1.39 bits per heavy atom. The van der Waals surface area contributed by atoms with Gasteiger partial charge < -0.3 is 9.55 Å². The summed E-state index contributed by atoms with van der Waals surface area (Å²) in [4.78, 5) is 3.54. The van der Waals surface area contributed by atoms with Gasteiger partial charge in [-0.1, -0.05) is 67.6 Å². The summed E-state index contributed by atoms with van der Waals surface area (Å²) in [5.74, 6) is 0.498. The predicted molar refractivity (Wildman–Crippen MR) is 141 cm³/mol. The quantitative estimate of drug-likeness (QED) is 0.287. The molecule has 2 heteroatoms. The van der Waals surface area contributed by atoms with E-state index < -0.39 is 0 Å². The molecule has 7 rings (SSSR count). The van der Waals surface area contributed by atoms with E-state index in [1.165, 1.54) is 60.4 Å². The molecule has 158 valence electrons. The van der Waals surface area contributed by atoms with Crippen molar-refractivity contribution in [2.45, 2.75) is 13.3 Å². The highest BCUT2D eigenvalue weighted by molar-refractivity contribution is 6.12. The fourth-order valence-electron chi connectivity index (χ4n) is 5.49. The molecule has 0 bridgehead atoms. The number of aromatic amines is 1. The number of H-pyrrole nitrogens is 1. The number of aromatic nitrogens is 2. The summed E-state index contributed by atoms with van der Waals surface area (Å²) in [6, 6.07) is 31.0. The zero-order valence-corrected chi connectivity index (χ0v) is 18.5. The molecule has 2 aromatic heterocycles. The van der Waals surface area contributed by atoms with Crippen LogP contribution in [0.15, 0.2) is 103 Å². The summed E-state index contributed by atoms with van der Waals surface area (Å²) in [5.41, 5.74) is 8.81. The molecular weight excluding hydrogens is 400 g/mol. The van der Waals surface area contributed by atoms with Crippen molar-refractivity contribution in [2.75, 3.05) is 0 Å². The van der Waals surface area contributed by atoms with Crippen LogP contribution < -0.4 is 0 Å².